The van der Waals surface area contributed by atoms with E-state index in [9.17, 15) is 10.1 Å². The quantitative estimate of drug-likeness (QED) is 0.503. The molecule has 1 heterocycles. The van der Waals surface area contributed by atoms with Crippen LogP contribution in [0.3, 0.4) is 0 Å². The molecule has 1 N–H and O–H groups in total. The average Bonchev–Trinajstić information content (AvgIpc) is 2.87. The van der Waals surface area contributed by atoms with Crippen LogP contribution >= 0.6 is 15.9 Å². The monoisotopic (exact) mass is 324 g/mol. The Morgan fingerprint density at radius 2 is 2.32 bits per heavy atom. The van der Waals surface area contributed by atoms with Crippen molar-refractivity contribution in [1.82, 2.24) is 9.55 Å². The van der Waals surface area contributed by atoms with Crippen LogP contribution in [-0.4, -0.2) is 21.0 Å². The molecular weight excluding hydrogens is 312 g/mol. The summed E-state index contributed by atoms with van der Waals surface area (Å²) in [4.78, 5) is 14.5. The van der Waals surface area contributed by atoms with Crippen LogP contribution in [0.1, 0.15) is 6.42 Å². The van der Waals surface area contributed by atoms with Gasteiger partial charge in [-0.25, -0.2) is 4.98 Å². The van der Waals surface area contributed by atoms with Crippen LogP contribution < -0.4 is 5.32 Å². The summed E-state index contributed by atoms with van der Waals surface area (Å²) in [7, 11) is 0. The Bertz CT molecular complexity index is 557. The Hall–Kier alpha value is -1.89. The molecule has 1 aromatic carbocycles. The van der Waals surface area contributed by atoms with Crippen molar-refractivity contribution in [1.29, 1.82) is 0 Å². The van der Waals surface area contributed by atoms with Gasteiger partial charge in [-0.1, -0.05) is 15.9 Å². The normalized spacial score (nSPS) is 10.4. The summed E-state index contributed by atoms with van der Waals surface area (Å²) in [6.07, 6.45) is 6.23. The molecule has 100 valence electrons. The summed E-state index contributed by atoms with van der Waals surface area (Å²) in [6, 6.07) is 4.87. The van der Waals surface area contributed by atoms with Crippen molar-refractivity contribution in [3.05, 3.63) is 51.5 Å². The molecule has 2 rings (SSSR count). The van der Waals surface area contributed by atoms with Gasteiger partial charge < -0.3 is 9.88 Å². The number of benzene rings is 1. The van der Waals surface area contributed by atoms with Crippen molar-refractivity contribution < 1.29 is 4.92 Å². The van der Waals surface area contributed by atoms with E-state index in [1.54, 1.807) is 24.7 Å². The van der Waals surface area contributed by atoms with Gasteiger partial charge in [-0.3, -0.25) is 10.1 Å². The van der Waals surface area contributed by atoms with Crippen molar-refractivity contribution in [3.8, 4) is 0 Å². The lowest BCUT2D eigenvalue weighted by molar-refractivity contribution is -0.384. The highest BCUT2D eigenvalue weighted by Crippen LogP contribution is 2.27. The summed E-state index contributed by atoms with van der Waals surface area (Å²) in [5.74, 6) is 0. The van der Waals surface area contributed by atoms with Crippen LogP contribution in [0.25, 0.3) is 0 Å². The van der Waals surface area contributed by atoms with E-state index in [1.165, 1.54) is 6.07 Å². The Morgan fingerprint density at radius 3 is 3.00 bits per heavy atom. The molecule has 19 heavy (non-hydrogen) atoms. The molecule has 0 aliphatic rings. The van der Waals surface area contributed by atoms with Gasteiger partial charge in [0.15, 0.2) is 0 Å². The molecule has 0 atom stereocenters. The van der Waals surface area contributed by atoms with E-state index >= 15 is 0 Å². The summed E-state index contributed by atoms with van der Waals surface area (Å²) in [6.45, 7) is 1.49. The molecule has 0 radical (unpaired) electrons. The molecule has 0 amide bonds. The molecule has 0 saturated heterocycles. The maximum absolute atomic E-state index is 10.9. The third-order valence-electron chi connectivity index (χ3n) is 2.62. The third-order valence-corrected chi connectivity index (χ3v) is 3.12. The molecule has 1 aromatic heterocycles. The predicted molar refractivity (Wildman–Crippen MR) is 76.1 cm³/mol. The Morgan fingerprint density at radius 1 is 1.47 bits per heavy atom. The molecule has 0 aliphatic heterocycles. The molecule has 7 heteroatoms. The number of imidazole rings is 1. The molecule has 2 aromatic rings. The number of halogens is 1. The van der Waals surface area contributed by atoms with E-state index in [1.807, 2.05) is 10.8 Å². The topological polar surface area (TPSA) is 73.0 Å². The molecule has 0 saturated carbocycles. The maximum atomic E-state index is 10.9. The molecule has 0 unspecified atom stereocenters. The number of nitrogens with one attached hydrogen (secondary N) is 1. The number of hydrogen-bond acceptors (Lipinski definition) is 4. The fourth-order valence-electron chi connectivity index (χ4n) is 1.71. The van der Waals surface area contributed by atoms with Gasteiger partial charge in [0, 0.05) is 36.0 Å². The Kier molecular flexibility index (Phi) is 4.51. The van der Waals surface area contributed by atoms with Crippen LogP contribution in [0, 0.1) is 10.1 Å². The van der Waals surface area contributed by atoms with Crippen LogP contribution in [-0.2, 0) is 6.54 Å². The van der Waals surface area contributed by atoms with Crippen molar-refractivity contribution >= 4 is 27.3 Å². The van der Waals surface area contributed by atoms with Crippen LogP contribution in [0.2, 0.25) is 0 Å². The van der Waals surface area contributed by atoms with Gasteiger partial charge in [0.2, 0.25) is 0 Å². The highest BCUT2D eigenvalue weighted by atomic mass is 79.9. The fraction of sp³-hybridized carbons (Fsp3) is 0.250. The first-order valence-corrected chi connectivity index (χ1v) is 6.59. The summed E-state index contributed by atoms with van der Waals surface area (Å²) in [5.41, 5.74) is 0.621. The van der Waals surface area contributed by atoms with Crippen molar-refractivity contribution in [3.63, 3.8) is 0 Å². The number of nitrogens with zero attached hydrogens (tertiary/aromatic N) is 3. The molecule has 0 bridgehead atoms. The zero-order valence-electron chi connectivity index (χ0n) is 10.1. The van der Waals surface area contributed by atoms with Gasteiger partial charge >= 0.3 is 0 Å². The summed E-state index contributed by atoms with van der Waals surface area (Å²) < 4.78 is 2.78. The van der Waals surface area contributed by atoms with E-state index in [2.05, 4.69) is 26.2 Å². The van der Waals surface area contributed by atoms with E-state index in [-0.39, 0.29) is 10.6 Å². The number of aromatic nitrogens is 2. The average molecular weight is 325 g/mol. The predicted octanol–water partition coefficient (Wildman–Crippen LogP) is 3.06. The molecular formula is C12H13BrN4O2. The molecule has 0 fully saturated rings. The van der Waals surface area contributed by atoms with Gasteiger partial charge in [-0.2, -0.15) is 0 Å². The highest BCUT2D eigenvalue weighted by molar-refractivity contribution is 9.10. The van der Waals surface area contributed by atoms with Crippen LogP contribution in [0.4, 0.5) is 11.4 Å². The Balaban J connectivity index is 1.91. The van der Waals surface area contributed by atoms with Crippen molar-refractivity contribution in [2.75, 3.05) is 11.9 Å². The number of nitro groups is 1. The first-order valence-electron chi connectivity index (χ1n) is 5.80. The lowest BCUT2D eigenvalue weighted by Gasteiger charge is -2.08. The van der Waals surface area contributed by atoms with E-state index in [0.717, 1.165) is 17.4 Å². The minimum Gasteiger partial charge on any atom is -0.379 e. The smallest absolute Gasteiger partial charge is 0.292 e. The van der Waals surface area contributed by atoms with Gasteiger partial charge in [0.05, 0.1) is 11.3 Å². The fourth-order valence-corrected chi connectivity index (χ4v) is 2.07. The van der Waals surface area contributed by atoms with Gasteiger partial charge in [0.25, 0.3) is 5.69 Å². The van der Waals surface area contributed by atoms with Crippen LogP contribution in [0.15, 0.2) is 41.4 Å². The number of aryl methyl sites for hydroxylation is 1. The van der Waals surface area contributed by atoms with Crippen molar-refractivity contribution in [2.45, 2.75) is 13.0 Å². The van der Waals surface area contributed by atoms with Crippen LogP contribution in [0.5, 0.6) is 0 Å². The second-order valence-electron chi connectivity index (χ2n) is 4.00. The third kappa shape index (κ3) is 3.78. The van der Waals surface area contributed by atoms with E-state index < -0.39 is 0 Å². The van der Waals surface area contributed by atoms with E-state index in [4.69, 9.17) is 0 Å². The minimum absolute atomic E-state index is 0.0887. The minimum atomic E-state index is -0.384. The number of anilines is 1. The van der Waals surface area contributed by atoms with Crippen molar-refractivity contribution in [2.24, 2.45) is 0 Å². The molecule has 0 spiro atoms. The first kappa shape index (κ1) is 13.5. The maximum Gasteiger partial charge on any atom is 0.292 e. The van der Waals surface area contributed by atoms with Gasteiger partial charge in [0.1, 0.15) is 5.69 Å². The second-order valence-corrected chi connectivity index (χ2v) is 4.92. The zero-order valence-corrected chi connectivity index (χ0v) is 11.7. The second kappa shape index (κ2) is 6.33. The molecule has 6 nitrogen and oxygen atoms in total. The number of nitro benzene ring substituents is 1. The number of hydrogen-bond donors (Lipinski definition) is 1. The van der Waals surface area contributed by atoms with Gasteiger partial charge in [-0.05, 0) is 18.6 Å². The molecule has 0 aliphatic carbocycles. The lowest BCUT2D eigenvalue weighted by Crippen LogP contribution is -2.07. The summed E-state index contributed by atoms with van der Waals surface area (Å²) >= 11 is 3.31. The highest BCUT2D eigenvalue weighted by Gasteiger charge is 2.12. The largest absolute Gasteiger partial charge is 0.379 e. The standard InChI is InChI=1S/C12H13BrN4O2/c13-10-2-3-12(17(18)19)11(8-10)15-4-1-6-16-7-5-14-9-16/h2-3,5,7-9,15H,1,4,6H2. The zero-order chi connectivity index (χ0) is 13.7. The van der Waals surface area contributed by atoms with Gasteiger partial charge in [-0.15, -0.1) is 0 Å². The Labute approximate surface area is 118 Å². The number of rotatable bonds is 6. The summed E-state index contributed by atoms with van der Waals surface area (Å²) in [5, 5.41) is 14.0. The first-order chi connectivity index (χ1) is 9.16. The SMILES string of the molecule is O=[N+]([O-])c1ccc(Br)cc1NCCCn1ccnc1. The van der Waals surface area contributed by atoms with E-state index in [0.29, 0.717) is 12.2 Å². The lowest BCUT2D eigenvalue weighted by atomic mass is 10.2.